The predicted octanol–water partition coefficient (Wildman–Crippen LogP) is 2.68. The Labute approximate surface area is 401 Å². The minimum atomic E-state index is -2.67. The summed E-state index contributed by atoms with van der Waals surface area (Å²) < 4.78 is 70.7. The minimum absolute atomic E-state index is 0.0306. The van der Waals surface area contributed by atoms with Gasteiger partial charge in [-0.2, -0.15) is 0 Å². The standard InChI is InChI=1S/C47H65NO20Si/c1-28(49)59-25-37(65-31(4)52)41(66-32(5)53)42-39(48-38(54)27-60-29(2)50)35(64-30(3)51)22-47(68-42,46(56)57-6)63-26-36-40(55)43(61-23-33-16-12-10-13-17-33)44(62-24-34-18-14-11-15-19-34)45(67-36)58-20-21-69(7,8)9/h10-19,35-37,39-45,55H,20-27H2,1-9H3,(H,48,54)/t35-,36+,37+,39+,40+,41+,42+,43-,44+,45+,47+/m0/s1. The molecule has 2 aliphatic heterocycles. The number of hydrogen-bond acceptors (Lipinski definition) is 20. The molecule has 2 aromatic rings. The first kappa shape index (κ1) is 56.3. The molecule has 69 heavy (non-hydrogen) atoms. The summed E-state index contributed by atoms with van der Waals surface area (Å²) in [5, 5.41) is 14.8. The maximum absolute atomic E-state index is 14.2. The summed E-state index contributed by atoms with van der Waals surface area (Å²) in [4.78, 5) is 89.5. The quantitative estimate of drug-likeness (QED) is 0.0870. The summed E-state index contributed by atoms with van der Waals surface area (Å²) in [6.07, 6.45) is -14.1. The van der Waals surface area contributed by atoms with E-state index >= 15 is 0 Å². The SMILES string of the molecule is COC(=O)[C@@]1(OC[C@H]2O[C@@H](OCC[Si](C)(C)C)[C@H](OCc3ccccc3)[C@@H](OCc3ccccc3)[C@@H]2O)C[C@H](OC(C)=O)[C@@H](NC(=O)COC(C)=O)[C@H]([C@H](OC(C)=O)[C@@H](COC(C)=O)OC(C)=O)O1. The van der Waals surface area contributed by atoms with E-state index in [9.17, 15) is 38.7 Å². The number of methoxy groups -OCH3 is 1. The number of rotatable bonds is 24. The molecule has 0 spiro atoms. The molecular weight excluding hydrogens is 927 g/mol. The molecule has 4 rings (SSSR count). The van der Waals surface area contributed by atoms with Crippen molar-refractivity contribution in [2.45, 2.75) is 147 Å². The van der Waals surface area contributed by atoms with Gasteiger partial charge in [0.2, 0.25) is 0 Å². The first-order valence-electron chi connectivity index (χ1n) is 22.4. The van der Waals surface area contributed by atoms with E-state index in [1.807, 2.05) is 60.7 Å². The van der Waals surface area contributed by atoms with Crippen molar-refractivity contribution in [3.63, 3.8) is 0 Å². The fraction of sp³-hybridized carbons (Fsp3) is 0.596. The normalized spacial score (nSPS) is 25.5. The number of nitrogens with one attached hydrogen (secondary N) is 1. The average Bonchev–Trinajstić information content (AvgIpc) is 3.28. The van der Waals surface area contributed by atoms with Gasteiger partial charge in [-0.25, -0.2) is 4.79 Å². The van der Waals surface area contributed by atoms with Gasteiger partial charge in [0.15, 0.2) is 25.1 Å². The molecule has 2 saturated heterocycles. The highest BCUT2D eigenvalue weighted by molar-refractivity contribution is 6.76. The second-order valence-electron chi connectivity index (χ2n) is 17.6. The van der Waals surface area contributed by atoms with Gasteiger partial charge in [-0.3, -0.25) is 28.8 Å². The van der Waals surface area contributed by atoms with Crippen LogP contribution < -0.4 is 5.32 Å². The zero-order valence-corrected chi connectivity index (χ0v) is 41.4. The molecule has 0 aliphatic carbocycles. The van der Waals surface area contributed by atoms with Crippen molar-refractivity contribution in [1.82, 2.24) is 5.32 Å². The maximum Gasteiger partial charge on any atom is 0.366 e. The summed E-state index contributed by atoms with van der Waals surface area (Å²) in [6, 6.07) is 17.6. The Bertz CT molecular complexity index is 2020. The third-order valence-corrected chi connectivity index (χ3v) is 12.4. The lowest BCUT2D eigenvalue weighted by molar-refractivity contribution is -0.346. The molecular formula is C47H65NO20Si. The highest BCUT2D eigenvalue weighted by Gasteiger charge is 2.60. The van der Waals surface area contributed by atoms with Crippen LogP contribution in [0.25, 0.3) is 0 Å². The molecule has 2 N–H and O–H groups in total. The van der Waals surface area contributed by atoms with E-state index in [4.69, 9.17) is 56.8 Å². The molecule has 2 heterocycles. The lowest BCUT2D eigenvalue weighted by Crippen LogP contribution is -2.70. The molecule has 382 valence electrons. The van der Waals surface area contributed by atoms with E-state index in [1.165, 1.54) is 0 Å². The molecule has 0 unspecified atom stereocenters. The fourth-order valence-corrected chi connectivity index (χ4v) is 8.20. The van der Waals surface area contributed by atoms with Crippen molar-refractivity contribution in [3.8, 4) is 0 Å². The third kappa shape index (κ3) is 17.9. The van der Waals surface area contributed by atoms with Crippen molar-refractivity contribution in [2.75, 3.05) is 33.5 Å². The van der Waals surface area contributed by atoms with Gasteiger partial charge in [0.1, 0.15) is 43.2 Å². The van der Waals surface area contributed by atoms with Crippen LogP contribution in [0.2, 0.25) is 25.7 Å². The molecule has 2 fully saturated rings. The van der Waals surface area contributed by atoms with Crippen LogP contribution in [0, 0.1) is 0 Å². The summed E-state index contributed by atoms with van der Waals surface area (Å²) in [7, 11) is -0.666. The van der Waals surface area contributed by atoms with E-state index in [0.29, 0.717) is 0 Å². The molecule has 0 aromatic heterocycles. The van der Waals surface area contributed by atoms with Crippen LogP contribution in [-0.4, -0.2) is 155 Å². The number of aliphatic hydroxyl groups excluding tert-OH is 1. The largest absolute Gasteiger partial charge is 0.465 e. The molecule has 21 nitrogen and oxygen atoms in total. The number of esters is 6. The van der Waals surface area contributed by atoms with Crippen LogP contribution in [-0.2, 0) is 104 Å². The Morgan fingerprint density at radius 1 is 0.768 bits per heavy atom. The third-order valence-electron chi connectivity index (χ3n) is 10.7. The summed E-state index contributed by atoms with van der Waals surface area (Å²) >= 11 is 0. The van der Waals surface area contributed by atoms with Crippen LogP contribution >= 0.6 is 0 Å². The lowest BCUT2D eigenvalue weighted by Gasteiger charge is -2.49. The molecule has 11 atom stereocenters. The van der Waals surface area contributed by atoms with E-state index < -0.39 is 143 Å². The van der Waals surface area contributed by atoms with Crippen molar-refractivity contribution in [3.05, 3.63) is 71.8 Å². The molecule has 0 bridgehead atoms. The molecule has 0 saturated carbocycles. The van der Waals surface area contributed by atoms with Crippen LogP contribution in [0.3, 0.4) is 0 Å². The average molecular weight is 992 g/mol. The van der Waals surface area contributed by atoms with Crippen molar-refractivity contribution in [2.24, 2.45) is 0 Å². The number of carbonyl (C=O) groups excluding carboxylic acids is 7. The van der Waals surface area contributed by atoms with Gasteiger partial charge >= 0.3 is 35.8 Å². The van der Waals surface area contributed by atoms with Crippen LogP contribution in [0.4, 0.5) is 0 Å². The van der Waals surface area contributed by atoms with Gasteiger partial charge in [0.05, 0.1) is 39.4 Å². The smallest absolute Gasteiger partial charge is 0.366 e. The Morgan fingerprint density at radius 2 is 1.35 bits per heavy atom. The van der Waals surface area contributed by atoms with Crippen molar-refractivity contribution >= 4 is 49.8 Å². The lowest BCUT2D eigenvalue weighted by atomic mass is 9.87. The number of aliphatic hydroxyl groups is 1. The van der Waals surface area contributed by atoms with Gasteiger partial charge in [-0.05, 0) is 17.2 Å². The summed E-state index contributed by atoms with van der Waals surface area (Å²) in [5.74, 6) is -9.40. The van der Waals surface area contributed by atoms with Crippen molar-refractivity contribution < 1.29 is 95.5 Å². The summed E-state index contributed by atoms with van der Waals surface area (Å²) in [6.45, 7) is 9.78. The highest BCUT2D eigenvalue weighted by atomic mass is 28.3. The monoisotopic (exact) mass is 991 g/mol. The van der Waals surface area contributed by atoms with E-state index in [0.717, 1.165) is 58.9 Å². The zero-order chi connectivity index (χ0) is 50.9. The van der Waals surface area contributed by atoms with Crippen molar-refractivity contribution in [1.29, 1.82) is 0 Å². The van der Waals surface area contributed by atoms with Gasteiger partial charge < -0.3 is 67.3 Å². The number of benzene rings is 2. The fourth-order valence-electron chi connectivity index (χ4n) is 7.47. The number of amides is 1. The second-order valence-corrected chi connectivity index (χ2v) is 23.2. The predicted molar refractivity (Wildman–Crippen MR) is 241 cm³/mol. The van der Waals surface area contributed by atoms with Crippen LogP contribution in [0.15, 0.2) is 60.7 Å². The molecule has 0 radical (unpaired) electrons. The van der Waals surface area contributed by atoms with E-state index in [2.05, 4.69) is 25.0 Å². The first-order valence-corrected chi connectivity index (χ1v) is 26.1. The van der Waals surface area contributed by atoms with Crippen LogP contribution in [0.1, 0.15) is 52.2 Å². The Kier molecular flexibility index (Phi) is 21.7. The van der Waals surface area contributed by atoms with E-state index in [-0.39, 0.29) is 19.8 Å². The Morgan fingerprint density at radius 3 is 1.87 bits per heavy atom. The minimum Gasteiger partial charge on any atom is -0.465 e. The molecule has 2 aromatic carbocycles. The number of carbonyl (C=O) groups is 7. The van der Waals surface area contributed by atoms with Gasteiger partial charge in [0.25, 0.3) is 11.7 Å². The zero-order valence-electron chi connectivity index (χ0n) is 40.4. The van der Waals surface area contributed by atoms with E-state index in [1.54, 1.807) is 0 Å². The molecule has 1 amide bonds. The van der Waals surface area contributed by atoms with Gasteiger partial charge in [-0.15, -0.1) is 0 Å². The van der Waals surface area contributed by atoms with Gasteiger partial charge in [0, 0.05) is 49.3 Å². The number of ether oxygens (including phenoxy) is 12. The van der Waals surface area contributed by atoms with Crippen LogP contribution in [0.5, 0.6) is 0 Å². The first-order chi connectivity index (χ1) is 32.6. The molecule has 2 aliphatic rings. The Balaban J connectivity index is 1.83. The highest BCUT2D eigenvalue weighted by Crippen LogP contribution is 2.38. The maximum atomic E-state index is 14.2. The Hall–Kier alpha value is -5.33. The molecule has 22 heteroatoms. The topological polar surface area (TPSA) is 263 Å². The number of hydrogen-bond donors (Lipinski definition) is 2. The summed E-state index contributed by atoms with van der Waals surface area (Å²) in [5.41, 5.74) is 1.60. The second kappa shape index (κ2) is 26.6. The van der Waals surface area contributed by atoms with Gasteiger partial charge in [-0.1, -0.05) is 80.3 Å².